The van der Waals surface area contributed by atoms with Gasteiger partial charge < -0.3 is 14.8 Å². The molecule has 28 heavy (non-hydrogen) atoms. The number of nitrogens with one attached hydrogen (secondary N) is 1. The summed E-state index contributed by atoms with van der Waals surface area (Å²) in [6.07, 6.45) is 0.585. The largest absolute Gasteiger partial charge is 0.497 e. The molecule has 1 N–H and O–H groups in total. The first-order valence-electron chi connectivity index (χ1n) is 9.12. The number of benzene rings is 2. The molecular weight excluding hydrogens is 356 g/mol. The molecule has 1 aliphatic heterocycles. The van der Waals surface area contributed by atoms with Gasteiger partial charge >= 0.3 is 0 Å². The summed E-state index contributed by atoms with van der Waals surface area (Å²) in [7, 11) is 3.18. The average Bonchev–Trinajstić information content (AvgIpc) is 2.92. The van der Waals surface area contributed by atoms with Crippen molar-refractivity contribution >= 4 is 23.1 Å². The standard InChI is InChI=1S/C22H24N2O4/c1-15-6-4-7-17(14-15)23-20-19(16-8-10-18(28-3)11-9-16)21(25)24(22(20)26)12-5-13-27-2/h4,6-11,14,23H,5,12-13H2,1-3H3. The monoisotopic (exact) mass is 380 g/mol. The van der Waals surface area contributed by atoms with Crippen LogP contribution in [0, 0.1) is 6.92 Å². The normalized spacial score (nSPS) is 14.0. The van der Waals surface area contributed by atoms with E-state index in [1.807, 2.05) is 31.2 Å². The fourth-order valence-corrected chi connectivity index (χ4v) is 3.15. The van der Waals surface area contributed by atoms with Gasteiger partial charge in [-0.25, -0.2) is 0 Å². The molecule has 0 aromatic heterocycles. The third kappa shape index (κ3) is 4.07. The number of carbonyl (C=O) groups excluding carboxylic acids is 2. The van der Waals surface area contributed by atoms with E-state index >= 15 is 0 Å². The van der Waals surface area contributed by atoms with E-state index in [4.69, 9.17) is 9.47 Å². The van der Waals surface area contributed by atoms with Gasteiger partial charge in [0, 0.05) is 25.9 Å². The van der Waals surface area contributed by atoms with E-state index in [0.717, 1.165) is 11.3 Å². The fourth-order valence-electron chi connectivity index (χ4n) is 3.15. The lowest BCUT2D eigenvalue weighted by atomic mass is 10.0. The SMILES string of the molecule is COCCCN1C(=O)C(Nc2cccc(C)c2)=C(c2ccc(OC)cc2)C1=O. The van der Waals surface area contributed by atoms with Crippen LogP contribution in [-0.4, -0.2) is 44.1 Å². The van der Waals surface area contributed by atoms with Gasteiger partial charge in [-0.3, -0.25) is 14.5 Å². The third-order valence-corrected chi connectivity index (χ3v) is 4.56. The van der Waals surface area contributed by atoms with E-state index in [0.29, 0.717) is 36.5 Å². The summed E-state index contributed by atoms with van der Waals surface area (Å²) < 4.78 is 10.2. The van der Waals surface area contributed by atoms with Crippen molar-refractivity contribution in [2.45, 2.75) is 13.3 Å². The van der Waals surface area contributed by atoms with Crippen LogP contribution < -0.4 is 10.1 Å². The highest BCUT2D eigenvalue weighted by atomic mass is 16.5. The predicted octanol–water partition coefficient (Wildman–Crippen LogP) is 3.23. The van der Waals surface area contributed by atoms with Crippen molar-refractivity contribution < 1.29 is 19.1 Å². The van der Waals surface area contributed by atoms with E-state index in [9.17, 15) is 9.59 Å². The Kier molecular flexibility index (Phi) is 6.11. The molecule has 1 heterocycles. The summed E-state index contributed by atoms with van der Waals surface area (Å²) in [5.74, 6) is 0.0566. The Hall–Kier alpha value is -3.12. The van der Waals surface area contributed by atoms with Crippen molar-refractivity contribution in [1.29, 1.82) is 0 Å². The number of ether oxygens (including phenoxy) is 2. The highest BCUT2D eigenvalue weighted by molar-refractivity contribution is 6.36. The van der Waals surface area contributed by atoms with Gasteiger partial charge in [-0.1, -0.05) is 24.3 Å². The van der Waals surface area contributed by atoms with Crippen LogP contribution in [0.2, 0.25) is 0 Å². The minimum Gasteiger partial charge on any atom is -0.497 e. The van der Waals surface area contributed by atoms with Crippen molar-refractivity contribution in [3.05, 3.63) is 65.4 Å². The number of aryl methyl sites for hydroxylation is 1. The van der Waals surface area contributed by atoms with Gasteiger partial charge in [0.2, 0.25) is 0 Å². The van der Waals surface area contributed by atoms with Gasteiger partial charge in [-0.05, 0) is 48.7 Å². The molecule has 6 heteroatoms. The lowest BCUT2D eigenvalue weighted by Gasteiger charge is -2.15. The van der Waals surface area contributed by atoms with Crippen LogP contribution in [0.5, 0.6) is 5.75 Å². The molecular formula is C22H24N2O4. The van der Waals surface area contributed by atoms with Crippen LogP contribution in [0.25, 0.3) is 5.57 Å². The lowest BCUT2D eigenvalue weighted by molar-refractivity contribution is -0.136. The molecule has 0 aliphatic carbocycles. The maximum Gasteiger partial charge on any atom is 0.278 e. The molecule has 1 aliphatic rings. The van der Waals surface area contributed by atoms with Gasteiger partial charge in [0.05, 0.1) is 12.7 Å². The Labute approximate surface area is 164 Å². The quantitative estimate of drug-likeness (QED) is 0.563. The van der Waals surface area contributed by atoms with Gasteiger partial charge in [0.15, 0.2) is 0 Å². The molecule has 3 rings (SSSR count). The van der Waals surface area contributed by atoms with Gasteiger partial charge in [-0.2, -0.15) is 0 Å². The zero-order valence-electron chi connectivity index (χ0n) is 16.3. The molecule has 0 bridgehead atoms. The summed E-state index contributed by atoms with van der Waals surface area (Å²) in [4.78, 5) is 27.4. The summed E-state index contributed by atoms with van der Waals surface area (Å²) in [5.41, 5.74) is 3.15. The first-order valence-corrected chi connectivity index (χ1v) is 9.12. The lowest BCUT2D eigenvalue weighted by Crippen LogP contribution is -2.33. The maximum atomic E-state index is 13.1. The van der Waals surface area contributed by atoms with Crippen LogP contribution in [0.4, 0.5) is 5.69 Å². The third-order valence-electron chi connectivity index (χ3n) is 4.56. The molecule has 2 amide bonds. The Morgan fingerprint density at radius 1 is 1.00 bits per heavy atom. The fraction of sp³-hybridized carbons (Fsp3) is 0.273. The molecule has 0 saturated heterocycles. The van der Waals surface area contributed by atoms with Crippen molar-refractivity contribution in [2.75, 3.05) is 32.7 Å². The number of imide groups is 1. The number of nitrogens with zero attached hydrogens (tertiary/aromatic N) is 1. The summed E-state index contributed by atoms with van der Waals surface area (Å²) in [6.45, 7) is 2.77. The van der Waals surface area contributed by atoms with Crippen molar-refractivity contribution in [2.24, 2.45) is 0 Å². The number of methoxy groups -OCH3 is 2. The molecule has 0 unspecified atom stereocenters. The molecule has 146 valence electrons. The molecule has 0 spiro atoms. The second kappa shape index (κ2) is 8.71. The number of rotatable bonds is 8. The molecule has 2 aromatic rings. The predicted molar refractivity (Wildman–Crippen MR) is 108 cm³/mol. The van der Waals surface area contributed by atoms with Gasteiger partial charge in [-0.15, -0.1) is 0 Å². The summed E-state index contributed by atoms with van der Waals surface area (Å²) in [6, 6.07) is 14.8. The molecule has 2 aromatic carbocycles. The minimum atomic E-state index is -0.326. The van der Waals surface area contributed by atoms with Crippen LogP contribution in [0.15, 0.2) is 54.2 Å². The Balaban J connectivity index is 1.98. The smallest absolute Gasteiger partial charge is 0.278 e. The second-order valence-corrected chi connectivity index (χ2v) is 6.58. The van der Waals surface area contributed by atoms with E-state index in [2.05, 4.69) is 5.32 Å². The number of hydrogen-bond acceptors (Lipinski definition) is 5. The minimum absolute atomic E-state index is 0.290. The summed E-state index contributed by atoms with van der Waals surface area (Å²) in [5, 5.41) is 3.16. The Morgan fingerprint density at radius 2 is 1.75 bits per heavy atom. The van der Waals surface area contributed by atoms with E-state index in [1.165, 1.54) is 4.90 Å². The zero-order chi connectivity index (χ0) is 20.1. The van der Waals surface area contributed by atoms with Gasteiger partial charge in [0.1, 0.15) is 11.4 Å². The average molecular weight is 380 g/mol. The van der Waals surface area contributed by atoms with Crippen LogP contribution >= 0.6 is 0 Å². The molecule has 0 saturated carbocycles. The number of anilines is 1. The van der Waals surface area contributed by atoms with Crippen molar-refractivity contribution in [3.8, 4) is 5.75 Å². The van der Waals surface area contributed by atoms with E-state index < -0.39 is 0 Å². The maximum absolute atomic E-state index is 13.1. The molecule has 0 atom stereocenters. The first kappa shape index (κ1) is 19.6. The van der Waals surface area contributed by atoms with Crippen molar-refractivity contribution in [1.82, 2.24) is 4.90 Å². The zero-order valence-corrected chi connectivity index (χ0v) is 16.3. The topological polar surface area (TPSA) is 67.9 Å². The molecule has 0 fully saturated rings. The van der Waals surface area contributed by atoms with E-state index in [1.54, 1.807) is 38.5 Å². The molecule has 6 nitrogen and oxygen atoms in total. The van der Waals surface area contributed by atoms with Gasteiger partial charge in [0.25, 0.3) is 11.8 Å². The Morgan fingerprint density at radius 3 is 2.39 bits per heavy atom. The van der Waals surface area contributed by atoms with Crippen LogP contribution in [0.3, 0.4) is 0 Å². The second-order valence-electron chi connectivity index (χ2n) is 6.58. The van der Waals surface area contributed by atoms with Crippen molar-refractivity contribution in [3.63, 3.8) is 0 Å². The van der Waals surface area contributed by atoms with E-state index in [-0.39, 0.29) is 17.5 Å². The highest BCUT2D eigenvalue weighted by Gasteiger charge is 2.38. The van der Waals surface area contributed by atoms with Crippen LogP contribution in [-0.2, 0) is 14.3 Å². The highest BCUT2D eigenvalue weighted by Crippen LogP contribution is 2.31. The number of amides is 2. The summed E-state index contributed by atoms with van der Waals surface area (Å²) >= 11 is 0. The number of carbonyl (C=O) groups is 2. The Bertz CT molecular complexity index is 903. The van der Waals surface area contributed by atoms with Crippen LogP contribution in [0.1, 0.15) is 17.5 Å². The molecule has 0 radical (unpaired) electrons. The number of hydrogen-bond donors (Lipinski definition) is 1. The first-order chi connectivity index (χ1) is 13.5.